The van der Waals surface area contributed by atoms with E-state index in [0.717, 1.165) is 17.9 Å². The molecule has 0 spiro atoms. The summed E-state index contributed by atoms with van der Waals surface area (Å²) in [4.78, 5) is 0. The van der Waals surface area contributed by atoms with Crippen molar-refractivity contribution in [2.24, 2.45) is 5.92 Å². The summed E-state index contributed by atoms with van der Waals surface area (Å²) >= 11 is 3.18. The molecular formula is C13H16BrF. The number of rotatable bonds is 2. The Morgan fingerprint density at radius 3 is 2.60 bits per heavy atom. The summed E-state index contributed by atoms with van der Waals surface area (Å²) in [7, 11) is 0. The Balaban J connectivity index is 2.00. The third-order valence-electron chi connectivity index (χ3n) is 3.23. The van der Waals surface area contributed by atoms with Crippen molar-refractivity contribution >= 4 is 15.9 Å². The second kappa shape index (κ2) is 5.11. The van der Waals surface area contributed by atoms with Gasteiger partial charge in [0.1, 0.15) is 5.82 Å². The first-order chi connectivity index (χ1) is 7.25. The molecule has 0 radical (unpaired) electrons. The van der Waals surface area contributed by atoms with Gasteiger partial charge in [0, 0.05) is 0 Å². The Morgan fingerprint density at radius 2 is 1.93 bits per heavy atom. The molecule has 1 aromatic rings. The molecule has 0 amide bonds. The highest BCUT2D eigenvalue weighted by molar-refractivity contribution is 9.10. The fourth-order valence-corrected chi connectivity index (χ4v) is 2.64. The Bertz CT molecular complexity index is 329. The van der Waals surface area contributed by atoms with Gasteiger partial charge in [0.15, 0.2) is 0 Å². The summed E-state index contributed by atoms with van der Waals surface area (Å²) in [6, 6.07) is 5.51. The van der Waals surface area contributed by atoms with Gasteiger partial charge in [0.05, 0.1) is 4.47 Å². The van der Waals surface area contributed by atoms with Crippen molar-refractivity contribution in [3.63, 3.8) is 0 Å². The van der Waals surface area contributed by atoms with Crippen LogP contribution in [0.5, 0.6) is 0 Å². The molecule has 0 atom stereocenters. The van der Waals surface area contributed by atoms with E-state index in [4.69, 9.17) is 0 Å². The summed E-state index contributed by atoms with van der Waals surface area (Å²) in [5.74, 6) is 0.641. The van der Waals surface area contributed by atoms with Crippen molar-refractivity contribution < 1.29 is 4.39 Å². The highest BCUT2D eigenvalue weighted by atomic mass is 79.9. The molecule has 1 aliphatic rings. The van der Waals surface area contributed by atoms with Gasteiger partial charge in [-0.25, -0.2) is 4.39 Å². The molecule has 2 rings (SSSR count). The molecule has 1 aliphatic carbocycles. The Hall–Kier alpha value is -0.370. The van der Waals surface area contributed by atoms with Gasteiger partial charge in [-0.15, -0.1) is 0 Å². The van der Waals surface area contributed by atoms with Crippen LogP contribution in [0.3, 0.4) is 0 Å². The van der Waals surface area contributed by atoms with E-state index in [0.29, 0.717) is 4.47 Å². The first kappa shape index (κ1) is 11.1. The summed E-state index contributed by atoms with van der Waals surface area (Å²) < 4.78 is 13.9. The lowest BCUT2D eigenvalue weighted by Crippen LogP contribution is -2.09. The number of halogens is 2. The molecule has 1 saturated carbocycles. The molecule has 0 N–H and O–H groups in total. The van der Waals surface area contributed by atoms with Gasteiger partial charge in [0.25, 0.3) is 0 Å². The van der Waals surface area contributed by atoms with E-state index >= 15 is 0 Å². The Kier molecular flexibility index (Phi) is 3.79. The predicted octanol–water partition coefficient (Wildman–Crippen LogP) is 4.71. The zero-order chi connectivity index (χ0) is 10.7. The zero-order valence-corrected chi connectivity index (χ0v) is 10.4. The largest absolute Gasteiger partial charge is 0.206 e. The van der Waals surface area contributed by atoms with Crippen molar-refractivity contribution in [3.05, 3.63) is 34.1 Å². The Morgan fingerprint density at radius 1 is 1.20 bits per heavy atom. The van der Waals surface area contributed by atoms with Crippen molar-refractivity contribution in [2.75, 3.05) is 0 Å². The molecule has 0 bridgehead atoms. The minimum atomic E-state index is -0.136. The monoisotopic (exact) mass is 270 g/mol. The average molecular weight is 271 g/mol. The van der Waals surface area contributed by atoms with E-state index < -0.39 is 0 Å². The van der Waals surface area contributed by atoms with Crippen LogP contribution in [0.4, 0.5) is 4.39 Å². The minimum absolute atomic E-state index is 0.136. The van der Waals surface area contributed by atoms with E-state index in [1.54, 1.807) is 6.07 Å². The maximum atomic E-state index is 13.3. The van der Waals surface area contributed by atoms with E-state index in [-0.39, 0.29) is 5.82 Å². The quantitative estimate of drug-likeness (QED) is 0.730. The summed E-state index contributed by atoms with van der Waals surface area (Å²) in [5, 5.41) is 0. The van der Waals surface area contributed by atoms with Gasteiger partial charge in [-0.2, -0.15) is 0 Å². The third-order valence-corrected chi connectivity index (χ3v) is 3.88. The van der Waals surface area contributed by atoms with Crippen LogP contribution in [0, 0.1) is 11.7 Å². The van der Waals surface area contributed by atoms with Crippen LogP contribution in [0.25, 0.3) is 0 Å². The molecule has 15 heavy (non-hydrogen) atoms. The number of hydrogen-bond acceptors (Lipinski definition) is 0. The molecule has 0 aliphatic heterocycles. The summed E-state index contributed by atoms with van der Waals surface area (Å²) in [6.45, 7) is 0. The van der Waals surface area contributed by atoms with Crippen molar-refractivity contribution in [3.8, 4) is 0 Å². The van der Waals surface area contributed by atoms with Gasteiger partial charge in [-0.3, -0.25) is 0 Å². The maximum absolute atomic E-state index is 13.3. The second-order valence-electron chi connectivity index (χ2n) is 4.46. The normalized spacial score (nSPS) is 18.0. The smallest absolute Gasteiger partial charge is 0.137 e. The first-order valence-corrected chi connectivity index (χ1v) is 6.49. The van der Waals surface area contributed by atoms with Gasteiger partial charge in [-0.1, -0.05) is 38.2 Å². The number of hydrogen-bond donors (Lipinski definition) is 0. The van der Waals surface area contributed by atoms with E-state index in [2.05, 4.69) is 15.9 Å². The molecule has 1 aromatic carbocycles. The average Bonchev–Trinajstić information content (AvgIpc) is 2.25. The van der Waals surface area contributed by atoms with Crippen LogP contribution in [0.2, 0.25) is 0 Å². The van der Waals surface area contributed by atoms with Gasteiger partial charge in [0.2, 0.25) is 0 Å². The fourth-order valence-electron chi connectivity index (χ4n) is 2.39. The molecule has 82 valence electrons. The van der Waals surface area contributed by atoms with Crippen molar-refractivity contribution in [1.29, 1.82) is 0 Å². The lowest BCUT2D eigenvalue weighted by atomic mass is 9.85. The molecule has 0 unspecified atom stereocenters. The van der Waals surface area contributed by atoms with Crippen molar-refractivity contribution in [2.45, 2.75) is 38.5 Å². The summed E-state index contributed by atoms with van der Waals surface area (Å²) in [6.07, 6.45) is 7.76. The molecule has 1 fully saturated rings. The van der Waals surface area contributed by atoms with Crippen LogP contribution in [0.15, 0.2) is 22.7 Å². The molecule has 0 aromatic heterocycles. The molecule has 2 heteroatoms. The molecule has 0 heterocycles. The van der Waals surface area contributed by atoms with Crippen LogP contribution >= 0.6 is 15.9 Å². The zero-order valence-electron chi connectivity index (χ0n) is 8.81. The highest BCUT2D eigenvalue weighted by Crippen LogP contribution is 2.27. The lowest BCUT2D eigenvalue weighted by Gasteiger charge is -2.21. The van der Waals surface area contributed by atoms with Gasteiger partial charge >= 0.3 is 0 Å². The minimum Gasteiger partial charge on any atom is -0.206 e. The van der Waals surface area contributed by atoms with Gasteiger partial charge < -0.3 is 0 Å². The molecule has 0 saturated heterocycles. The first-order valence-electron chi connectivity index (χ1n) is 5.69. The topological polar surface area (TPSA) is 0 Å². The lowest BCUT2D eigenvalue weighted by molar-refractivity contribution is 0.356. The SMILES string of the molecule is Fc1cc(CC2CCCCC2)ccc1Br. The fraction of sp³-hybridized carbons (Fsp3) is 0.538. The van der Waals surface area contributed by atoms with Crippen molar-refractivity contribution in [1.82, 2.24) is 0 Å². The molecule has 0 nitrogen and oxygen atoms in total. The third kappa shape index (κ3) is 3.04. The van der Waals surface area contributed by atoms with Gasteiger partial charge in [-0.05, 0) is 46.0 Å². The van der Waals surface area contributed by atoms with E-state index in [1.165, 1.54) is 32.1 Å². The molecular weight excluding hydrogens is 255 g/mol. The van der Waals surface area contributed by atoms with Crippen LogP contribution in [-0.4, -0.2) is 0 Å². The van der Waals surface area contributed by atoms with Crippen LogP contribution in [-0.2, 0) is 6.42 Å². The van der Waals surface area contributed by atoms with Crippen LogP contribution in [0.1, 0.15) is 37.7 Å². The van der Waals surface area contributed by atoms with Crippen LogP contribution < -0.4 is 0 Å². The Labute approximate surface area is 99.0 Å². The number of benzene rings is 1. The second-order valence-corrected chi connectivity index (χ2v) is 5.31. The maximum Gasteiger partial charge on any atom is 0.137 e. The standard InChI is InChI=1S/C13H16BrF/c14-12-7-6-11(9-13(12)15)8-10-4-2-1-3-5-10/h6-7,9-10H,1-5,8H2. The van der Waals surface area contributed by atoms with E-state index in [1.807, 2.05) is 12.1 Å². The predicted molar refractivity (Wildman–Crippen MR) is 64.4 cm³/mol. The highest BCUT2D eigenvalue weighted by Gasteiger charge is 2.14. The summed E-state index contributed by atoms with van der Waals surface area (Å²) in [5.41, 5.74) is 1.14. The van der Waals surface area contributed by atoms with E-state index in [9.17, 15) is 4.39 Å².